The van der Waals surface area contributed by atoms with Crippen molar-refractivity contribution >= 4 is 35.3 Å². The lowest BCUT2D eigenvalue weighted by molar-refractivity contribution is -0.137. The number of carbonyl (C=O) groups is 6. The molecule has 0 unspecified atom stereocenters. The van der Waals surface area contributed by atoms with Gasteiger partial charge >= 0.3 is 0 Å². The first kappa shape index (κ1) is 29.0. The minimum Gasteiger partial charge on any atom is -0.379 e. The third-order valence-corrected chi connectivity index (χ3v) is 5.13. The molecule has 0 aromatic carbocycles. The smallest absolute Gasteiger partial charge is 0.253 e. The second kappa shape index (κ2) is 14.2. The maximum atomic E-state index is 12.5. The minimum absolute atomic E-state index is 0.00648. The number of carbonyl (C=O) groups excluding carboxylic acids is 6. The van der Waals surface area contributed by atoms with Gasteiger partial charge in [-0.25, -0.2) is 0 Å². The predicted molar refractivity (Wildman–Crippen MR) is 123 cm³/mol. The number of nitrogens with one attached hydrogen (secondary N) is 3. The van der Waals surface area contributed by atoms with Gasteiger partial charge in [-0.05, 0) is 12.8 Å². The average molecular weight is 481 g/mol. The fourth-order valence-corrected chi connectivity index (χ4v) is 3.14. The van der Waals surface area contributed by atoms with Crippen molar-refractivity contribution in [2.75, 3.05) is 26.3 Å². The molecule has 0 aliphatic carbocycles. The van der Waals surface area contributed by atoms with Crippen molar-refractivity contribution in [3.05, 3.63) is 12.2 Å². The highest BCUT2D eigenvalue weighted by molar-refractivity contribution is 6.13. The van der Waals surface area contributed by atoms with Crippen LogP contribution >= 0.6 is 0 Å². The summed E-state index contributed by atoms with van der Waals surface area (Å²) < 4.78 is 5.34. The molecule has 0 fully saturated rings. The fourth-order valence-electron chi connectivity index (χ4n) is 3.14. The zero-order valence-electron chi connectivity index (χ0n) is 20.5. The normalized spacial score (nSPS) is 15.0. The third kappa shape index (κ3) is 9.82. The number of rotatable bonds is 15. The molecule has 1 aliphatic heterocycles. The number of ether oxygens (including phenoxy) is 1. The molecule has 190 valence electrons. The SMILES string of the molecule is CC(C)C(=O)[C@H](C)NC(=O)[C@@H](NC(=O)CCOCCNC(=O)CCN1C(=O)C=CC1=O)C(C)C. The maximum Gasteiger partial charge on any atom is 0.253 e. The highest BCUT2D eigenvalue weighted by Gasteiger charge is 2.27. The molecule has 1 aliphatic rings. The molecule has 3 N–H and O–H groups in total. The summed E-state index contributed by atoms with van der Waals surface area (Å²) in [5, 5.41) is 7.94. The lowest BCUT2D eigenvalue weighted by atomic mass is 10.00. The first-order valence-electron chi connectivity index (χ1n) is 11.5. The fraction of sp³-hybridized carbons (Fsp3) is 0.652. The van der Waals surface area contributed by atoms with Crippen LogP contribution in [0.15, 0.2) is 12.2 Å². The van der Waals surface area contributed by atoms with Gasteiger partial charge in [0, 0.05) is 44.0 Å². The van der Waals surface area contributed by atoms with E-state index < -0.39 is 29.8 Å². The van der Waals surface area contributed by atoms with E-state index in [9.17, 15) is 28.8 Å². The standard InChI is InChI=1S/C23H36N4O7/c1-14(2)21(23(33)25-16(5)22(32)15(3)4)26-18(29)9-12-34-13-10-24-17(28)8-11-27-19(30)6-7-20(27)31/h6-7,14-16,21H,8-13H2,1-5H3,(H,24,28)(H,25,33)(H,26,29)/t16-,21-/m0/s1. The molecular formula is C23H36N4O7. The maximum absolute atomic E-state index is 12.5. The van der Waals surface area contributed by atoms with Crippen LogP contribution in [0.3, 0.4) is 0 Å². The van der Waals surface area contributed by atoms with E-state index in [1.807, 2.05) is 0 Å². The summed E-state index contributed by atoms with van der Waals surface area (Å²) in [7, 11) is 0. The predicted octanol–water partition coefficient (Wildman–Crippen LogP) is -0.305. The van der Waals surface area contributed by atoms with Gasteiger partial charge in [0.1, 0.15) is 6.04 Å². The molecule has 34 heavy (non-hydrogen) atoms. The molecule has 0 bridgehead atoms. The highest BCUT2D eigenvalue weighted by Crippen LogP contribution is 2.06. The molecule has 11 heteroatoms. The summed E-state index contributed by atoms with van der Waals surface area (Å²) in [5.41, 5.74) is 0. The Kier molecular flexibility index (Phi) is 12.1. The zero-order chi connectivity index (χ0) is 25.8. The van der Waals surface area contributed by atoms with Gasteiger partial charge in [0.05, 0.1) is 19.3 Å². The van der Waals surface area contributed by atoms with Crippen molar-refractivity contribution in [1.29, 1.82) is 0 Å². The zero-order valence-corrected chi connectivity index (χ0v) is 20.5. The summed E-state index contributed by atoms with van der Waals surface area (Å²) in [6.45, 7) is 9.21. The number of Topliss-reactive ketones (excluding diaryl/α,β-unsaturated/α-hetero) is 1. The average Bonchev–Trinajstić information content (AvgIpc) is 3.08. The Balaban J connectivity index is 2.25. The summed E-state index contributed by atoms with van der Waals surface area (Å²) in [6.07, 6.45) is 2.33. The van der Waals surface area contributed by atoms with Gasteiger partial charge in [0.2, 0.25) is 17.7 Å². The van der Waals surface area contributed by atoms with Gasteiger partial charge in [-0.1, -0.05) is 27.7 Å². The number of amides is 5. The van der Waals surface area contributed by atoms with E-state index in [-0.39, 0.29) is 68.6 Å². The van der Waals surface area contributed by atoms with E-state index in [1.54, 1.807) is 34.6 Å². The molecule has 2 atom stereocenters. The quantitative estimate of drug-likeness (QED) is 0.215. The van der Waals surface area contributed by atoms with Crippen molar-refractivity contribution in [1.82, 2.24) is 20.9 Å². The molecule has 1 heterocycles. The van der Waals surface area contributed by atoms with E-state index in [0.717, 1.165) is 17.1 Å². The summed E-state index contributed by atoms with van der Waals surface area (Å²) in [4.78, 5) is 72.4. The van der Waals surface area contributed by atoms with Crippen LogP contribution in [0, 0.1) is 11.8 Å². The Labute approximate surface area is 200 Å². The molecular weight excluding hydrogens is 444 g/mol. The van der Waals surface area contributed by atoms with E-state index in [4.69, 9.17) is 4.74 Å². The Hall–Kier alpha value is -3.08. The Bertz CT molecular complexity index is 789. The molecule has 0 saturated carbocycles. The molecule has 0 aromatic rings. The van der Waals surface area contributed by atoms with Crippen LogP contribution in [0.5, 0.6) is 0 Å². The van der Waals surface area contributed by atoms with Crippen molar-refractivity contribution < 1.29 is 33.5 Å². The van der Waals surface area contributed by atoms with Crippen molar-refractivity contribution in [3.8, 4) is 0 Å². The van der Waals surface area contributed by atoms with Crippen molar-refractivity contribution in [2.45, 2.75) is 59.5 Å². The van der Waals surface area contributed by atoms with Gasteiger partial charge in [0.25, 0.3) is 11.8 Å². The topological polar surface area (TPSA) is 151 Å². The van der Waals surface area contributed by atoms with Gasteiger partial charge in [0.15, 0.2) is 5.78 Å². The van der Waals surface area contributed by atoms with E-state index >= 15 is 0 Å². The molecule has 0 aromatic heterocycles. The van der Waals surface area contributed by atoms with E-state index in [2.05, 4.69) is 16.0 Å². The number of ketones is 1. The molecule has 1 rings (SSSR count). The number of nitrogens with zero attached hydrogens (tertiary/aromatic N) is 1. The Morgan fingerprint density at radius 3 is 2.06 bits per heavy atom. The molecule has 0 spiro atoms. The number of hydrogen-bond donors (Lipinski definition) is 3. The molecule has 11 nitrogen and oxygen atoms in total. The summed E-state index contributed by atoms with van der Waals surface area (Å²) in [6, 6.07) is -1.42. The monoisotopic (exact) mass is 480 g/mol. The second-order valence-electron chi connectivity index (χ2n) is 8.70. The second-order valence-corrected chi connectivity index (χ2v) is 8.70. The van der Waals surface area contributed by atoms with Crippen molar-refractivity contribution in [2.24, 2.45) is 11.8 Å². The van der Waals surface area contributed by atoms with E-state index in [1.165, 1.54) is 0 Å². The highest BCUT2D eigenvalue weighted by atomic mass is 16.5. The Morgan fingerprint density at radius 2 is 1.50 bits per heavy atom. The van der Waals surface area contributed by atoms with Gasteiger partial charge in [-0.15, -0.1) is 0 Å². The molecule has 0 radical (unpaired) electrons. The lowest BCUT2D eigenvalue weighted by Gasteiger charge is -2.24. The van der Waals surface area contributed by atoms with Crippen LogP contribution < -0.4 is 16.0 Å². The summed E-state index contributed by atoms with van der Waals surface area (Å²) in [5.74, 6) is -2.45. The van der Waals surface area contributed by atoms with Crippen LogP contribution in [0.4, 0.5) is 0 Å². The molecule has 5 amide bonds. The first-order valence-corrected chi connectivity index (χ1v) is 11.5. The lowest BCUT2D eigenvalue weighted by Crippen LogP contribution is -2.53. The van der Waals surface area contributed by atoms with E-state index in [0.29, 0.717) is 0 Å². The van der Waals surface area contributed by atoms with Crippen LogP contribution in [0.1, 0.15) is 47.5 Å². The molecule has 0 saturated heterocycles. The minimum atomic E-state index is -0.779. The van der Waals surface area contributed by atoms with Gasteiger partial charge in [-0.3, -0.25) is 33.7 Å². The van der Waals surface area contributed by atoms with Crippen LogP contribution in [-0.4, -0.2) is 78.6 Å². The number of imide groups is 1. The largest absolute Gasteiger partial charge is 0.379 e. The first-order chi connectivity index (χ1) is 15.9. The van der Waals surface area contributed by atoms with Crippen molar-refractivity contribution in [3.63, 3.8) is 0 Å². The summed E-state index contributed by atoms with van der Waals surface area (Å²) >= 11 is 0. The third-order valence-electron chi connectivity index (χ3n) is 5.13. The van der Waals surface area contributed by atoms with Gasteiger partial charge < -0.3 is 20.7 Å². The van der Waals surface area contributed by atoms with Crippen LogP contribution in [0.25, 0.3) is 0 Å². The Morgan fingerprint density at radius 1 is 0.882 bits per heavy atom. The van der Waals surface area contributed by atoms with Crippen LogP contribution in [0.2, 0.25) is 0 Å². The van der Waals surface area contributed by atoms with Gasteiger partial charge in [-0.2, -0.15) is 0 Å². The van der Waals surface area contributed by atoms with Crippen LogP contribution in [-0.2, 0) is 33.5 Å². The number of hydrogen-bond acceptors (Lipinski definition) is 7.